The average Bonchev–Trinajstić information content (AvgIpc) is 3.01. The topological polar surface area (TPSA) is 163 Å². The molecular weight excluding hydrogens is 592 g/mol. The summed E-state index contributed by atoms with van der Waals surface area (Å²) in [4.78, 5) is 66.7. The zero-order valence-electron chi connectivity index (χ0n) is 26.8. The van der Waals surface area contributed by atoms with Crippen molar-refractivity contribution in [3.05, 3.63) is 60.2 Å². The first-order valence-electron chi connectivity index (χ1n) is 15.8. The highest BCUT2D eigenvalue weighted by Crippen LogP contribution is 2.07. The summed E-state index contributed by atoms with van der Waals surface area (Å²) in [6.07, 6.45) is 3.89. The molecule has 1 saturated heterocycles. The largest absolute Gasteiger partial charge is 0.480 e. The van der Waals surface area contributed by atoms with Gasteiger partial charge >= 0.3 is 11.9 Å². The number of carboxylic acids is 2. The van der Waals surface area contributed by atoms with Crippen molar-refractivity contribution in [2.24, 2.45) is 0 Å². The van der Waals surface area contributed by atoms with Crippen molar-refractivity contribution in [3.8, 4) is 0 Å². The van der Waals surface area contributed by atoms with Crippen LogP contribution in [0.5, 0.6) is 0 Å². The second-order valence-electron chi connectivity index (χ2n) is 11.6. The summed E-state index contributed by atoms with van der Waals surface area (Å²) >= 11 is 0. The molecule has 2 aromatic rings. The van der Waals surface area contributed by atoms with Gasteiger partial charge in [0.25, 0.3) is 0 Å². The van der Waals surface area contributed by atoms with Gasteiger partial charge in [-0.25, -0.2) is 0 Å². The Labute approximate surface area is 271 Å². The van der Waals surface area contributed by atoms with Crippen LogP contribution >= 0.6 is 0 Å². The summed E-state index contributed by atoms with van der Waals surface area (Å²) < 4.78 is 0. The maximum atomic E-state index is 13.1. The molecule has 0 saturated carbocycles. The zero-order chi connectivity index (χ0) is 33.1. The van der Waals surface area contributed by atoms with Crippen LogP contribution in [0, 0.1) is 0 Å². The van der Waals surface area contributed by atoms with Crippen LogP contribution in [0.15, 0.2) is 48.8 Å². The number of nitrogens with zero attached hydrogens (tertiary/aromatic N) is 7. The maximum absolute atomic E-state index is 13.1. The average molecular weight is 641 g/mol. The standard InChI is InChI=1S/C32H48N8O6/c1-27(41)8-12-36-14-16-38(25-31(43)44)20-18-37(19-21-39(17-15-36)26-32(45)46)24-30(42)35-11-13-40(22-28-6-2-4-9-33-28)23-29-7-3-5-10-34-29/h2-7,9-10H,8,11-26H2,1H3,(H,35,42)(H,43,44)(H,45,46). The van der Waals surface area contributed by atoms with E-state index in [2.05, 4.69) is 25.1 Å². The highest BCUT2D eigenvalue weighted by atomic mass is 16.4. The van der Waals surface area contributed by atoms with Gasteiger partial charge in [0.05, 0.1) is 31.0 Å². The van der Waals surface area contributed by atoms with Crippen molar-refractivity contribution in [1.82, 2.24) is 39.8 Å². The van der Waals surface area contributed by atoms with Gasteiger partial charge in [0.2, 0.25) is 5.91 Å². The molecule has 1 amide bonds. The number of ketones is 1. The van der Waals surface area contributed by atoms with Gasteiger partial charge in [0.1, 0.15) is 5.78 Å². The summed E-state index contributed by atoms with van der Waals surface area (Å²) in [5.41, 5.74) is 1.84. The van der Waals surface area contributed by atoms with Crippen LogP contribution in [0.1, 0.15) is 24.7 Å². The number of carbonyl (C=O) groups excluding carboxylic acids is 2. The van der Waals surface area contributed by atoms with Crippen LogP contribution in [0.4, 0.5) is 0 Å². The van der Waals surface area contributed by atoms with Crippen molar-refractivity contribution >= 4 is 23.6 Å². The molecule has 3 heterocycles. The van der Waals surface area contributed by atoms with E-state index in [0.29, 0.717) is 91.5 Å². The van der Waals surface area contributed by atoms with Crippen molar-refractivity contribution in [2.45, 2.75) is 26.4 Å². The van der Waals surface area contributed by atoms with Gasteiger partial charge in [-0.2, -0.15) is 0 Å². The Morgan fingerprint density at radius 1 is 0.717 bits per heavy atom. The number of pyridine rings is 2. The minimum atomic E-state index is -0.930. The van der Waals surface area contributed by atoms with Gasteiger partial charge in [-0.05, 0) is 31.2 Å². The fraction of sp³-hybridized carbons (Fsp3) is 0.562. The molecule has 0 aromatic carbocycles. The lowest BCUT2D eigenvalue weighted by Crippen LogP contribution is -2.49. The fourth-order valence-electron chi connectivity index (χ4n) is 5.24. The minimum Gasteiger partial charge on any atom is -0.480 e. The van der Waals surface area contributed by atoms with E-state index >= 15 is 0 Å². The Kier molecular flexibility index (Phi) is 16.2. The SMILES string of the molecule is CC(=O)CCN1CCN(CC(=O)O)CCN(CC(=O)NCCN(Cc2ccccn2)Cc2ccccn2)CCN(CC(=O)O)CC1. The molecule has 0 bridgehead atoms. The molecule has 2 aromatic heterocycles. The van der Waals surface area contributed by atoms with Crippen LogP contribution in [0.3, 0.4) is 0 Å². The predicted molar refractivity (Wildman–Crippen MR) is 172 cm³/mol. The van der Waals surface area contributed by atoms with Crippen molar-refractivity contribution in [2.75, 3.05) is 91.6 Å². The van der Waals surface area contributed by atoms with Crippen molar-refractivity contribution in [3.63, 3.8) is 0 Å². The number of carboxylic acid groups (broad SMARTS) is 2. The summed E-state index contributed by atoms with van der Waals surface area (Å²) in [5.74, 6) is -1.95. The predicted octanol–water partition coefficient (Wildman–Crippen LogP) is -0.0351. The molecule has 0 spiro atoms. The number of aliphatic carboxylic acids is 2. The summed E-state index contributed by atoms with van der Waals surface area (Å²) in [6.45, 7) is 7.92. The first-order chi connectivity index (χ1) is 22.2. The molecule has 14 nitrogen and oxygen atoms in total. The molecule has 1 fully saturated rings. The molecule has 1 aliphatic heterocycles. The Balaban J connectivity index is 1.61. The number of hydrogen-bond acceptors (Lipinski definition) is 11. The number of Topliss-reactive ketones (excluding diaryl/α,β-unsaturated/α-hetero) is 1. The third-order valence-electron chi connectivity index (χ3n) is 7.77. The first kappa shape index (κ1) is 36.6. The van der Waals surface area contributed by atoms with E-state index in [4.69, 9.17) is 0 Å². The Bertz CT molecular complexity index is 1150. The highest BCUT2D eigenvalue weighted by molar-refractivity contribution is 5.78. The van der Waals surface area contributed by atoms with E-state index in [1.165, 1.54) is 6.92 Å². The van der Waals surface area contributed by atoms with Gasteiger partial charge in [-0.1, -0.05) is 12.1 Å². The monoisotopic (exact) mass is 640 g/mol. The lowest BCUT2D eigenvalue weighted by Gasteiger charge is -2.33. The number of amides is 1. The van der Waals surface area contributed by atoms with Crippen LogP contribution in [0.25, 0.3) is 0 Å². The quantitative estimate of drug-likeness (QED) is 0.224. The smallest absolute Gasteiger partial charge is 0.317 e. The number of carbonyl (C=O) groups is 4. The van der Waals surface area contributed by atoms with E-state index in [0.717, 1.165) is 11.4 Å². The third-order valence-corrected chi connectivity index (χ3v) is 7.77. The molecule has 1 aliphatic rings. The summed E-state index contributed by atoms with van der Waals surface area (Å²) in [5, 5.41) is 22.0. The van der Waals surface area contributed by atoms with E-state index in [1.54, 1.807) is 12.4 Å². The van der Waals surface area contributed by atoms with Gasteiger partial charge < -0.3 is 20.4 Å². The van der Waals surface area contributed by atoms with Crippen LogP contribution < -0.4 is 5.32 Å². The maximum Gasteiger partial charge on any atom is 0.317 e. The van der Waals surface area contributed by atoms with E-state index in [1.807, 2.05) is 51.1 Å². The zero-order valence-corrected chi connectivity index (χ0v) is 26.8. The second kappa shape index (κ2) is 20.3. The molecule has 0 radical (unpaired) electrons. The lowest BCUT2D eigenvalue weighted by atomic mass is 10.2. The van der Waals surface area contributed by atoms with E-state index in [-0.39, 0.29) is 31.3 Å². The highest BCUT2D eigenvalue weighted by Gasteiger charge is 2.20. The molecule has 252 valence electrons. The van der Waals surface area contributed by atoms with Gasteiger partial charge in [-0.3, -0.25) is 48.7 Å². The second-order valence-corrected chi connectivity index (χ2v) is 11.6. The lowest BCUT2D eigenvalue weighted by molar-refractivity contribution is -0.139. The van der Waals surface area contributed by atoms with Gasteiger partial charge in [-0.15, -0.1) is 0 Å². The number of aromatic nitrogens is 2. The molecule has 0 atom stereocenters. The van der Waals surface area contributed by atoms with Crippen LogP contribution in [-0.2, 0) is 32.3 Å². The van der Waals surface area contributed by atoms with Crippen molar-refractivity contribution < 1.29 is 29.4 Å². The van der Waals surface area contributed by atoms with Crippen LogP contribution in [0.2, 0.25) is 0 Å². The van der Waals surface area contributed by atoms with Crippen LogP contribution in [-0.4, -0.2) is 160 Å². The molecular formula is C32H48N8O6. The molecule has 3 N–H and O–H groups in total. The van der Waals surface area contributed by atoms with Gasteiger partial charge in [0.15, 0.2) is 0 Å². The Morgan fingerprint density at radius 3 is 1.59 bits per heavy atom. The van der Waals surface area contributed by atoms with Crippen molar-refractivity contribution in [1.29, 1.82) is 0 Å². The number of hydrogen-bond donors (Lipinski definition) is 3. The first-order valence-corrected chi connectivity index (χ1v) is 15.8. The van der Waals surface area contributed by atoms with Gasteiger partial charge in [0, 0.05) is 104 Å². The molecule has 46 heavy (non-hydrogen) atoms. The molecule has 3 rings (SSSR count). The third kappa shape index (κ3) is 15.5. The normalized spacial score (nSPS) is 16.4. The Morgan fingerprint density at radius 2 is 1.17 bits per heavy atom. The summed E-state index contributed by atoms with van der Waals surface area (Å²) in [6, 6.07) is 11.6. The number of nitrogens with one attached hydrogen (secondary N) is 1. The molecule has 0 unspecified atom stereocenters. The fourth-order valence-corrected chi connectivity index (χ4v) is 5.24. The minimum absolute atomic E-state index is 0.0685. The Hall–Kier alpha value is -3.82. The summed E-state index contributed by atoms with van der Waals surface area (Å²) in [7, 11) is 0. The number of rotatable bonds is 16. The molecule has 0 aliphatic carbocycles. The van der Waals surface area contributed by atoms with E-state index in [9.17, 15) is 29.4 Å². The molecule has 14 heteroatoms. The van der Waals surface area contributed by atoms with E-state index < -0.39 is 11.9 Å².